The second kappa shape index (κ2) is 3.65. The molecule has 13 heavy (non-hydrogen) atoms. The Bertz CT molecular complexity index is 305. The Labute approximate surface area is 79.5 Å². The monoisotopic (exact) mass is 173 g/mol. The maximum atomic E-state index is 3.78. The Morgan fingerprint density at radius 1 is 1.15 bits per heavy atom. The van der Waals surface area contributed by atoms with E-state index in [0.29, 0.717) is 0 Å². The normalized spacial score (nSPS) is 21.4. The maximum absolute atomic E-state index is 3.78. The van der Waals surface area contributed by atoms with Crippen LogP contribution in [-0.4, -0.2) is 6.54 Å². The van der Waals surface area contributed by atoms with Crippen molar-refractivity contribution in [2.24, 2.45) is 0 Å². The van der Waals surface area contributed by atoms with Crippen LogP contribution in [0, 0.1) is 0 Å². The summed E-state index contributed by atoms with van der Waals surface area (Å²) in [6.07, 6.45) is 12.0. The molecular weight excluding hydrogens is 158 g/mol. The summed E-state index contributed by atoms with van der Waals surface area (Å²) >= 11 is 0. The van der Waals surface area contributed by atoms with Crippen LogP contribution < -0.4 is 5.32 Å². The zero-order valence-corrected chi connectivity index (χ0v) is 7.84. The Kier molecular flexibility index (Phi) is 2.35. The van der Waals surface area contributed by atoms with Gasteiger partial charge in [-0.05, 0) is 30.9 Å². The molecule has 2 rings (SSSR count). The summed E-state index contributed by atoms with van der Waals surface area (Å²) in [7, 11) is 0. The predicted molar refractivity (Wildman–Crippen MR) is 56.3 cm³/mol. The summed E-state index contributed by atoms with van der Waals surface area (Å²) in [6, 6.07) is 0. The van der Waals surface area contributed by atoms with Crippen molar-refractivity contribution in [3.8, 4) is 0 Å². The summed E-state index contributed by atoms with van der Waals surface area (Å²) in [4.78, 5) is 0. The molecule has 0 spiro atoms. The lowest BCUT2D eigenvalue weighted by Gasteiger charge is -2.13. The fraction of sp³-hybridized carbons (Fsp3) is 0.333. The van der Waals surface area contributed by atoms with Gasteiger partial charge in [-0.3, -0.25) is 0 Å². The van der Waals surface area contributed by atoms with E-state index in [1.54, 1.807) is 11.1 Å². The molecule has 0 radical (unpaired) electrons. The first-order valence-electron chi connectivity index (χ1n) is 4.81. The van der Waals surface area contributed by atoms with Crippen molar-refractivity contribution in [2.45, 2.75) is 19.3 Å². The quantitative estimate of drug-likeness (QED) is 0.601. The van der Waals surface area contributed by atoms with Crippen LogP contribution in [0.25, 0.3) is 0 Å². The third-order valence-corrected chi connectivity index (χ3v) is 2.69. The van der Waals surface area contributed by atoms with Gasteiger partial charge in [0.25, 0.3) is 0 Å². The first-order chi connectivity index (χ1) is 6.40. The summed E-state index contributed by atoms with van der Waals surface area (Å²) in [5.74, 6) is 0. The lowest BCUT2D eigenvalue weighted by atomic mass is 9.95. The third-order valence-electron chi connectivity index (χ3n) is 2.69. The highest BCUT2D eigenvalue weighted by Crippen LogP contribution is 2.24. The number of allylic oxidation sites excluding steroid dienone is 5. The van der Waals surface area contributed by atoms with Crippen molar-refractivity contribution in [3.63, 3.8) is 0 Å². The van der Waals surface area contributed by atoms with Crippen molar-refractivity contribution >= 4 is 0 Å². The van der Waals surface area contributed by atoms with Gasteiger partial charge in [0.05, 0.1) is 0 Å². The Hall–Kier alpha value is -1.24. The molecule has 1 aliphatic carbocycles. The molecule has 0 fully saturated rings. The van der Waals surface area contributed by atoms with Crippen molar-refractivity contribution < 1.29 is 0 Å². The van der Waals surface area contributed by atoms with E-state index in [-0.39, 0.29) is 0 Å². The van der Waals surface area contributed by atoms with Crippen LogP contribution in [0.15, 0.2) is 47.7 Å². The van der Waals surface area contributed by atoms with Gasteiger partial charge in [-0.25, -0.2) is 0 Å². The second-order valence-corrected chi connectivity index (χ2v) is 3.51. The predicted octanol–water partition coefficient (Wildman–Crippen LogP) is 2.70. The Morgan fingerprint density at radius 3 is 2.69 bits per heavy atom. The first kappa shape index (κ1) is 8.36. The lowest BCUT2D eigenvalue weighted by Crippen LogP contribution is -2.14. The van der Waals surface area contributed by atoms with Crippen LogP contribution in [0.2, 0.25) is 0 Å². The van der Waals surface area contributed by atoms with E-state index in [1.807, 2.05) is 6.08 Å². The van der Waals surface area contributed by atoms with Gasteiger partial charge < -0.3 is 5.32 Å². The van der Waals surface area contributed by atoms with E-state index in [1.165, 1.54) is 5.70 Å². The smallest absolute Gasteiger partial charge is 0.0366 e. The van der Waals surface area contributed by atoms with Crippen LogP contribution in [0.1, 0.15) is 19.3 Å². The molecule has 0 bridgehead atoms. The van der Waals surface area contributed by atoms with Gasteiger partial charge >= 0.3 is 0 Å². The average Bonchev–Trinajstić information content (AvgIpc) is 2.39. The number of nitrogens with one attached hydrogen (secondary N) is 1. The highest BCUT2D eigenvalue weighted by molar-refractivity contribution is 5.32. The van der Waals surface area contributed by atoms with Crippen LogP contribution in [0.3, 0.4) is 0 Å². The maximum Gasteiger partial charge on any atom is 0.0366 e. The summed E-state index contributed by atoms with van der Waals surface area (Å²) in [5.41, 5.74) is 4.33. The van der Waals surface area contributed by atoms with Gasteiger partial charge in [0.15, 0.2) is 0 Å². The third kappa shape index (κ3) is 1.74. The van der Waals surface area contributed by atoms with E-state index < -0.39 is 0 Å². The Balaban J connectivity index is 2.14. The minimum absolute atomic E-state index is 0.998. The summed E-state index contributed by atoms with van der Waals surface area (Å²) in [6.45, 7) is 4.78. The highest BCUT2D eigenvalue weighted by atomic mass is 14.9. The average molecular weight is 173 g/mol. The van der Waals surface area contributed by atoms with Crippen LogP contribution in [0.4, 0.5) is 0 Å². The molecule has 1 aliphatic heterocycles. The Morgan fingerprint density at radius 2 is 1.92 bits per heavy atom. The zero-order chi connectivity index (χ0) is 9.10. The number of rotatable bonds is 1. The zero-order valence-electron chi connectivity index (χ0n) is 7.84. The highest BCUT2D eigenvalue weighted by Gasteiger charge is 2.10. The van der Waals surface area contributed by atoms with Crippen LogP contribution in [-0.2, 0) is 0 Å². The van der Waals surface area contributed by atoms with Gasteiger partial charge in [0, 0.05) is 12.2 Å². The van der Waals surface area contributed by atoms with Crippen LogP contribution >= 0.6 is 0 Å². The fourth-order valence-electron chi connectivity index (χ4n) is 1.83. The standard InChI is InChI=1S/C12H15N/c1-2-12-8-7-10-5-3-4-6-11(10)9-13-12/h2-4,8,13H,1,5-7,9H2. The largest absolute Gasteiger partial charge is 0.382 e. The van der Waals surface area contributed by atoms with Crippen LogP contribution in [0.5, 0.6) is 0 Å². The molecule has 0 saturated heterocycles. The SMILES string of the molecule is C=CC1=CCC2=C(CC=CC2)CN1. The molecule has 0 aromatic heterocycles. The molecule has 0 atom stereocenters. The molecule has 0 aromatic carbocycles. The molecule has 1 heterocycles. The first-order valence-corrected chi connectivity index (χ1v) is 4.81. The van der Waals surface area contributed by atoms with Crippen molar-refractivity contribution in [2.75, 3.05) is 6.54 Å². The molecule has 1 nitrogen and oxygen atoms in total. The van der Waals surface area contributed by atoms with Crippen molar-refractivity contribution in [1.82, 2.24) is 5.32 Å². The molecule has 68 valence electrons. The van der Waals surface area contributed by atoms with E-state index in [0.717, 1.165) is 25.8 Å². The minimum atomic E-state index is 0.998. The van der Waals surface area contributed by atoms with E-state index in [9.17, 15) is 0 Å². The van der Waals surface area contributed by atoms with Crippen molar-refractivity contribution in [1.29, 1.82) is 0 Å². The molecule has 2 aliphatic rings. The van der Waals surface area contributed by atoms with Gasteiger partial charge in [0.2, 0.25) is 0 Å². The van der Waals surface area contributed by atoms with Gasteiger partial charge in [-0.15, -0.1) is 0 Å². The van der Waals surface area contributed by atoms with Gasteiger partial charge in [-0.1, -0.05) is 30.4 Å². The molecule has 1 heteroatoms. The molecule has 0 saturated carbocycles. The van der Waals surface area contributed by atoms with E-state index in [4.69, 9.17) is 0 Å². The fourth-order valence-corrected chi connectivity index (χ4v) is 1.83. The topological polar surface area (TPSA) is 12.0 Å². The molecular formula is C12H15N. The number of hydrogen-bond acceptors (Lipinski definition) is 1. The van der Waals surface area contributed by atoms with Gasteiger partial charge in [0.1, 0.15) is 0 Å². The lowest BCUT2D eigenvalue weighted by molar-refractivity contribution is 0.859. The molecule has 0 aromatic rings. The summed E-state index contributed by atoms with van der Waals surface area (Å²) < 4.78 is 0. The minimum Gasteiger partial charge on any atom is -0.382 e. The van der Waals surface area contributed by atoms with E-state index >= 15 is 0 Å². The van der Waals surface area contributed by atoms with E-state index in [2.05, 4.69) is 30.1 Å². The summed E-state index contributed by atoms with van der Waals surface area (Å²) in [5, 5.41) is 3.38. The molecule has 0 amide bonds. The van der Waals surface area contributed by atoms with Gasteiger partial charge in [-0.2, -0.15) is 0 Å². The number of hydrogen-bond donors (Lipinski definition) is 1. The molecule has 1 N–H and O–H groups in total. The second-order valence-electron chi connectivity index (χ2n) is 3.51. The molecule has 0 unspecified atom stereocenters. The van der Waals surface area contributed by atoms with Crippen molar-refractivity contribution in [3.05, 3.63) is 47.7 Å².